The van der Waals surface area contributed by atoms with Crippen molar-refractivity contribution in [2.45, 2.75) is 26.8 Å². The Morgan fingerprint density at radius 1 is 1.22 bits per heavy atom. The molecular formula is C15H20N2S. The van der Waals surface area contributed by atoms with Gasteiger partial charge in [0.05, 0.1) is 17.4 Å². The zero-order chi connectivity index (χ0) is 13.1. The topological polar surface area (TPSA) is 38.0 Å². The molecule has 3 heteroatoms. The number of benzene rings is 1. The molecule has 0 aliphatic carbocycles. The molecule has 0 radical (unpaired) electrons. The van der Waals surface area contributed by atoms with Crippen molar-refractivity contribution in [2.24, 2.45) is 5.92 Å². The van der Waals surface area contributed by atoms with Gasteiger partial charge in [0.15, 0.2) is 0 Å². The molecule has 1 aromatic heterocycles. The van der Waals surface area contributed by atoms with Gasteiger partial charge in [-0.3, -0.25) is 0 Å². The van der Waals surface area contributed by atoms with Crippen LogP contribution in [-0.4, -0.2) is 0 Å². The first-order valence-electron chi connectivity index (χ1n) is 6.24. The van der Waals surface area contributed by atoms with Gasteiger partial charge in [-0.15, -0.1) is 11.3 Å². The van der Waals surface area contributed by atoms with Gasteiger partial charge in [-0.2, -0.15) is 0 Å². The van der Waals surface area contributed by atoms with Gasteiger partial charge in [-0.25, -0.2) is 0 Å². The van der Waals surface area contributed by atoms with Crippen LogP contribution < -0.4 is 11.1 Å². The van der Waals surface area contributed by atoms with Gasteiger partial charge < -0.3 is 11.1 Å². The predicted octanol–water partition coefficient (Wildman–Crippen LogP) is 4.45. The van der Waals surface area contributed by atoms with Crippen LogP contribution in [0.4, 0.5) is 11.4 Å². The number of hydrogen-bond acceptors (Lipinski definition) is 3. The van der Waals surface area contributed by atoms with E-state index in [1.165, 1.54) is 10.4 Å². The molecule has 2 rings (SSSR count). The van der Waals surface area contributed by atoms with Gasteiger partial charge in [0.2, 0.25) is 0 Å². The van der Waals surface area contributed by atoms with Crippen LogP contribution in [0, 0.1) is 12.8 Å². The minimum Gasteiger partial charge on any atom is -0.397 e. The van der Waals surface area contributed by atoms with Crippen molar-refractivity contribution in [3.63, 3.8) is 0 Å². The Balaban J connectivity index is 2.27. The first-order valence-corrected chi connectivity index (χ1v) is 7.12. The highest BCUT2D eigenvalue weighted by Gasteiger charge is 2.17. The summed E-state index contributed by atoms with van der Waals surface area (Å²) in [5.41, 5.74) is 9.09. The summed E-state index contributed by atoms with van der Waals surface area (Å²) in [5, 5.41) is 5.69. The average Bonchev–Trinajstić information content (AvgIpc) is 2.83. The summed E-state index contributed by atoms with van der Waals surface area (Å²) in [6.07, 6.45) is 0. The number of thiophene rings is 1. The van der Waals surface area contributed by atoms with Crippen molar-refractivity contribution in [3.05, 3.63) is 46.2 Å². The smallest absolute Gasteiger partial charge is 0.0630 e. The third-order valence-electron chi connectivity index (χ3n) is 3.04. The summed E-state index contributed by atoms with van der Waals surface area (Å²) in [7, 11) is 0. The van der Waals surface area contributed by atoms with E-state index in [9.17, 15) is 0 Å². The van der Waals surface area contributed by atoms with E-state index in [1.807, 2.05) is 12.1 Å². The Morgan fingerprint density at radius 2 is 2.00 bits per heavy atom. The fourth-order valence-corrected chi connectivity index (χ4v) is 2.95. The van der Waals surface area contributed by atoms with Gasteiger partial charge in [-0.05, 0) is 42.0 Å². The van der Waals surface area contributed by atoms with Crippen LogP contribution in [0.15, 0.2) is 35.7 Å². The van der Waals surface area contributed by atoms with Gasteiger partial charge in [0.1, 0.15) is 0 Å². The molecule has 0 spiro atoms. The Kier molecular flexibility index (Phi) is 3.92. The van der Waals surface area contributed by atoms with E-state index in [1.54, 1.807) is 11.3 Å². The Labute approximate surface area is 113 Å². The van der Waals surface area contributed by atoms with E-state index in [4.69, 9.17) is 5.73 Å². The number of anilines is 2. The highest BCUT2D eigenvalue weighted by atomic mass is 32.1. The van der Waals surface area contributed by atoms with Crippen LogP contribution in [0.3, 0.4) is 0 Å². The lowest BCUT2D eigenvalue weighted by Crippen LogP contribution is -2.16. The maximum Gasteiger partial charge on any atom is 0.0630 e. The molecule has 2 nitrogen and oxygen atoms in total. The lowest BCUT2D eigenvalue weighted by Gasteiger charge is -2.23. The molecule has 3 N–H and O–H groups in total. The Hall–Kier alpha value is -1.48. The predicted molar refractivity (Wildman–Crippen MR) is 81.1 cm³/mol. The molecule has 0 fully saturated rings. The van der Waals surface area contributed by atoms with Gasteiger partial charge in [0, 0.05) is 4.88 Å². The van der Waals surface area contributed by atoms with E-state index < -0.39 is 0 Å². The monoisotopic (exact) mass is 260 g/mol. The van der Waals surface area contributed by atoms with Gasteiger partial charge in [-0.1, -0.05) is 26.0 Å². The van der Waals surface area contributed by atoms with Crippen molar-refractivity contribution in [1.82, 2.24) is 0 Å². The molecule has 1 atom stereocenters. The molecule has 0 bridgehead atoms. The van der Waals surface area contributed by atoms with Gasteiger partial charge in [0.25, 0.3) is 0 Å². The van der Waals surface area contributed by atoms with Crippen LogP contribution in [0.25, 0.3) is 0 Å². The maximum absolute atomic E-state index is 6.03. The van der Waals surface area contributed by atoms with Crippen molar-refractivity contribution in [3.8, 4) is 0 Å². The summed E-state index contributed by atoms with van der Waals surface area (Å²) < 4.78 is 0. The normalized spacial score (nSPS) is 12.7. The molecule has 18 heavy (non-hydrogen) atoms. The molecular weight excluding hydrogens is 240 g/mol. The number of hydrogen-bond donors (Lipinski definition) is 2. The molecule has 0 saturated carbocycles. The third-order valence-corrected chi connectivity index (χ3v) is 3.99. The van der Waals surface area contributed by atoms with Crippen LogP contribution in [0.2, 0.25) is 0 Å². The highest BCUT2D eigenvalue weighted by Crippen LogP contribution is 2.32. The molecule has 1 aromatic carbocycles. The van der Waals surface area contributed by atoms with E-state index in [2.05, 4.69) is 49.7 Å². The number of rotatable bonds is 4. The largest absolute Gasteiger partial charge is 0.397 e. The number of nitrogens with one attached hydrogen (secondary N) is 1. The molecule has 0 aliphatic rings. The summed E-state index contributed by atoms with van der Waals surface area (Å²) in [6, 6.07) is 10.7. The number of aryl methyl sites for hydroxylation is 1. The maximum atomic E-state index is 6.03. The zero-order valence-corrected chi connectivity index (χ0v) is 11.9. The zero-order valence-electron chi connectivity index (χ0n) is 11.1. The second-order valence-electron chi connectivity index (χ2n) is 4.97. The summed E-state index contributed by atoms with van der Waals surface area (Å²) in [5.74, 6) is 0.517. The minimum atomic E-state index is 0.314. The van der Waals surface area contributed by atoms with E-state index in [0.717, 1.165) is 11.4 Å². The summed E-state index contributed by atoms with van der Waals surface area (Å²) in [4.78, 5) is 1.35. The Bertz CT molecular complexity index is 503. The van der Waals surface area contributed by atoms with E-state index in [-0.39, 0.29) is 0 Å². The van der Waals surface area contributed by atoms with Crippen molar-refractivity contribution in [2.75, 3.05) is 11.1 Å². The third kappa shape index (κ3) is 2.85. The molecule has 96 valence electrons. The summed E-state index contributed by atoms with van der Waals surface area (Å²) >= 11 is 1.79. The van der Waals surface area contributed by atoms with Crippen molar-refractivity contribution < 1.29 is 0 Å². The quantitative estimate of drug-likeness (QED) is 0.797. The highest BCUT2D eigenvalue weighted by molar-refractivity contribution is 7.10. The first kappa shape index (κ1) is 13.0. The molecule has 0 aliphatic heterocycles. The standard InChI is InChI=1S/C15H20N2S/c1-10(2)15(14-5-4-8-18-14)17-13-9-11(3)6-7-12(13)16/h4-10,15,17H,16H2,1-3H3. The fraction of sp³-hybridized carbons (Fsp3) is 0.333. The van der Waals surface area contributed by atoms with Crippen molar-refractivity contribution >= 4 is 22.7 Å². The van der Waals surface area contributed by atoms with E-state index in [0.29, 0.717) is 12.0 Å². The molecule has 1 unspecified atom stereocenters. The van der Waals surface area contributed by atoms with Crippen molar-refractivity contribution in [1.29, 1.82) is 0 Å². The second-order valence-corrected chi connectivity index (χ2v) is 5.95. The van der Waals surface area contributed by atoms with E-state index >= 15 is 0 Å². The molecule has 1 heterocycles. The molecule has 0 saturated heterocycles. The number of nitrogens with two attached hydrogens (primary N) is 1. The summed E-state index contributed by atoms with van der Waals surface area (Å²) in [6.45, 7) is 6.53. The van der Waals surface area contributed by atoms with Crippen LogP contribution >= 0.6 is 11.3 Å². The SMILES string of the molecule is Cc1ccc(N)c(NC(c2cccs2)C(C)C)c1. The lowest BCUT2D eigenvalue weighted by atomic mass is 10.0. The van der Waals surface area contributed by atoms with Crippen LogP contribution in [-0.2, 0) is 0 Å². The van der Waals surface area contributed by atoms with Crippen LogP contribution in [0.1, 0.15) is 30.3 Å². The number of nitrogen functional groups attached to an aromatic ring is 1. The molecule has 2 aromatic rings. The fourth-order valence-electron chi connectivity index (χ4n) is 2.00. The average molecular weight is 260 g/mol. The van der Waals surface area contributed by atoms with Crippen LogP contribution in [0.5, 0.6) is 0 Å². The lowest BCUT2D eigenvalue weighted by molar-refractivity contribution is 0.554. The molecule has 0 amide bonds. The second kappa shape index (κ2) is 5.44. The Morgan fingerprint density at radius 3 is 2.61 bits per heavy atom. The first-order chi connectivity index (χ1) is 8.58. The minimum absolute atomic E-state index is 0.314. The van der Waals surface area contributed by atoms with Gasteiger partial charge >= 0.3 is 0 Å².